The fourth-order valence-corrected chi connectivity index (χ4v) is 2.49. The molecule has 0 aromatic heterocycles. The molecule has 0 aliphatic carbocycles. The molecule has 0 aliphatic heterocycles. The molecular weight excluding hydrogens is 302 g/mol. The summed E-state index contributed by atoms with van der Waals surface area (Å²) in [6, 6.07) is 11.9. The zero-order chi connectivity index (χ0) is 17.5. The molecule has 1 N–H and O–H groups in total. The van der Waals surface area contributed by atoms with Crippen LogP contribution < -0.4 is 14.8 Å². The Morgan fingerprint density at radius 3 is 2.54 bits per heavy atom. The summed E-state index contributed by atoms with van der Waals surface area (Å²) in [5, 5.41) is 2.90. The van der Waals surface area contributed by atoms with Gasteiger partial charge in [-0.25, -0.2) is 0 Å². The number of aryl methyl sites for hydroxylation is 2. The third kappa shape index (κ3) is 4.28. The van der Waals surface area contributed by atoms with Gasteiger partial charge in [0.2, 0.25) is 5.91 Å². The van der Waals surface area contributed by atoms with Crippen molar-refractivity contribution in [1.29, 1.82) is 0 Å². The van der Waals surface area contributed by atoms with Gasteiger partial charge < -0.3 is 14.8 Å². The second-order valence-corrected chi connectivity index (χ2v) is 5.64. The first-order valence-corrected chi connectivity index (χ1v) is 8.27. The minimum absolute atomic E-state index is 0.0516. The van der Waals surface area contributed by atoms with Crippen molar-refractivity contribution in [2.24, 2.45) is 0 Å². The third-order valence-corrected chi connectivity index (χ3v) is 3.95. The van der Waals surface area contributed by atoms with Crippen LogP contribution in [0, 0.1) is 6.92 Å². The molecule has 0 atom stereocenters. The van der Waals surface area contributed by atoms with E-state index >= 15 is 0 Å². The Morgan fingerprint density at radius 1 is 1.12 bits per heavy atom. The van der Waals surface area contributed by atoms with Crippen LogP contribution in [0.3, 0.4) is 0 Å². The summed E-state index contributed by atoms with van der Waals surface area (Å²) < 4.78 is 11.3. The maximum Gasteiger partial charge on any atom is 0.224 e. The number of carbonyl (C=O) groups excluding carboxylic acids is 1. The Bertz CT molecular complexity index is 710. The predicted molar refractivity (Wildman–Crippen MR) is 96.8 cm³/mol. The second-order valence-electron chi connectivity index (χ2n) is 5.64. The van der Waals surface area contributed by atoms with E-state index in [0.29, 0.717) is 24.5 Å². The van der Waals surface area contributed by atoms with Crippen LogP contribution in [0.5, 0.6) is 11.5 Å². The number of rotatable bonds is 7. The highest BCUT2D eigenvalue weighted by molar-refractivity contribution is 5.93. The zero-order valence-electron chi connectivity index (χ0n) is 14.8. The fourth-order valence-electron chi connectivity index (χ4n) is 2.49. The Labute approximate surface area is 143 Å². The van der Waals surface area contributed by atoms with Crippen LogP contribution in [0.1, 0.15) is 37.0 Å². The Morgan fingerprint density at radius 2 is 1.92 bits per heavy atom. The summed E-state index contributed by atoms with van der Waals surface area (Å²) >= 11 is 0. The first-order valence-electron chi connectivity index (χ1n) is 8.27. The van der Waals surface area contributed by atoms with E-state index in [1.54, 1.807) is 7.11 Å². The van der Waals surface area contributed by atoms with Gasteiger partial charge in [0.1, 0.15) is 18.1 Å². The molecule has 0 saturated heterocycles. The van der Waals surface area contributed by atoms with Crippen LogP contribution in [0.2, 0.25) is 0 Å². The molecule has 0 heterocycles. The van der Waals surface area contributed by atoms with Crippen LogP contribution in [-0.2, 0) is 17.8 Å². The molecule has 0 spiro atoms. The Kier molecular flexibility index (Phi) is 6.24. The van der Waals surface area contributed by atoms with Crippen molar-refractivity contribution >= 4 is 11.6 Å². The molecule has 2 rings (SSSR count). The summed E-state index contributed by atoms with van der Waals surface area (Å²) in [5.41, 5.74) is 3.96. The highest BCUT2D eigenvalue weighted by atomic mass is 16.5. The van der Waals surface area contributed by atoms with Gasteiger partial charge in [-0.3, -0.25) is 4.79 Å². The highest BCUT2D eigenvalue weighted by Crippen LogP contribution is 2.30. The van der Waals surface area contributed by atoms with Gasteiger partial charge >= 0.3 is 0 Å². The van der Waals surface area contributed by atoms with Crippen molar-refractivity contribution in [2.75, 3.05) is 12.4 Å². The summed E-state index contributed by atoms with van der Waals surface area (Å²) in [7, 11) is 1.59. The number of carbonyl (C=O) groups is 1. The van der Waals surface area contributed by atoms with Gasteiger partial charge in [0, 0.05) is 12.0 Å². The molecular formula is C20H25NO3. The molecule has 4 heteroatoms. The fraction of sp³-hybridized carbons (Fsp3) is 0.350. The molecule has 0 fully saturated rings. The van der Waals surface area contributed by atoms with Gasteiger partial charge in [0.05, 0.1) is 12.8 Å². The van der Waals surface area contributed by atoms with E-state index in [-0.39, 0.29) is 5.91 Å². The molecule has 4 nitrogen and oxygen atoms in total. The number of para-hydroxylation sites is 1. The van der Waals surface area contributed by atoms with E-state index in [1.165, 1.54) is 5.56 Å². The number of anilines is 1. The van der Waals surface area contributed by atoms with Gasteiger partial charge in [-0.1, -0.05) is 38.1 Å². The lowest BCUT2D eigenvalue weighted by molar-refractivity contribution is -0.115. The Hall–Kier alpha value is -2.49. The van der Waals surface area contributed by atoms with Crippen LogP contribution in [0.15, 0.2) is 36.4 Å². The van der Waals surface area contributed by atoms with Gasteiger partial charge in [-0.2, -0.15) is 0 Å². The van der Waals surface area contributed by atoms with Gasteiger partial charge in [0.15, 0.2) is 0 Å². The van der Waals surface area contributed by atoms with Crippen molar-refractivity contribution in [3.8, 4) is 11.5 Å². The summed E-state index contributed by atoms with van der Waals surface area (Å²) in [6.45, 7) is 6.36. The van der Waals surface area contributed by atoms with Gasteiger partial charge in [0.25, 0.3) is 0 Å². The quantitative estimate of drug-likeness (QED) is 0.815. The normalized spacial score (nSPS) is 10.3. The summed E-state index contributed by atoms with van der Waals surface area (Å²) in [5.74, 6) is 1.43. The smallest absolute Gasteiger partial charge is 0.224 e. The number of amides is 1. The first-order chi connectivity index (χ1) is 11.6. The van der Waals surface area contributed by atoms with Crippen molar-refractivity contribution in [1.82, 2.24) is 0 Å². The van der Waals surface area contributed by atoms with E-state index in [9.17, 15) is 4.79 Å². The van der Waals surface area contributed by atoms with Crippen LogP contribution in [-0.4, -0.2) is 13.0 Å². The lowest BCUT2D eigenvalue weighted by Gasteiger charge is -2.16. The summed E-state index contributed by atoms with van der Waals surface area (Å²) in [4.78, 5) is 11.8. The highest BCUT2D eigenvalue weighted by Gasteiger charge is 2.12. The van der Waals surface area contributed by atoms with E-state index in [4.69, 9.17) is 9.47 Å². The van der Waals surface area contributed by atoms with Crippen molar-refractivity contribution in [3.05, 3.63) is 53.1 Å². The standard InChI is InChI=1S/C20H25NO3/c1-5-15-10-11-17(14(3)12-15)24-13-16-8-7-9-18(23-4)20(16)21-19(22)6-2/h7-12H,5-6,13H2,1-4H3,(H,21,22). The molecule has 1 amide bonds. The maximum absolute atomic E-state index is 11.8. The lowest BCUT2D eigenvalue weighted by Crippen LogP contribution is -2.13. The van der Waals surface area contributed by atoms with Crippen molar-refractivity contribution in [2.45, 2.75) is 40.2 Å². The molecule has 0 bridgehead atoms. The van der Waals surface area contributed by atoms with Crippen molar-refractivity contribution in [3.63, 3.8) is 0 Å². The molecule has 0 radical (unpaired) electrons. The number of hydrogen-bond donors (Lipinski definition) is 1. The molecule has 0 aliphatic rings. The lowest BCUT2D eigenvalue weighted by atomic mass is 10.1. The minimum atomic E-state index is -0.0516. The zero-order valence-corrected chi connectivity index (χ0v) is 14.8. The number of ether oxygens (including phenoxy) is 2. The number of methoxy groups -OCH3 is 1. The monoisotopic (exact) mass is 327 g/mol. The molecule has 0 saturated carbocycles. The maximum atomic E-state index is 11.8. The molecule has 2 aromatic carbocycles. The van der Waals surface area contributed by atoms with Crippen LogP contribution in [0.25, 0.3) is 0 Å². The minimum Gasteiger partial charge on any atom is -0.495 e. The van der Waals surface area contributed by atoms with Crippen LogP contribution >= 0.6 is 0 Å². The average molecular weight is 327 g/mol. The van der Waals surface area contributed by atoms with E-state index in [0.717, 1.165) is 23.3 Å². The largest absolute Gasteiger partial charge is 0.495 e. The topological polar surface area (TPSA) is 47.6 Å². The average Bonchev–Trinajstić information content (AvgIpc) is 2.61. The number of hydrogen-bond acceptors (Lipinski definition) is 3. The van der Waals surface area contributed by atoms with E-state index in [1.807, 2.05) is 38.1 Å². The third-order valence-electron chi connectivity index (χ3n) is 3.95. The van der Waals surface area contributed by atoms with E-state index < -0.39 is 0 Å². The molecule has 128 valence electrons. The van der Waals surface area contributed by atoms with Crippen molar-refractivity contribution < 1.29 is 14.3 Å². The SMILES string of the molecule is CCC(=O)Nc1c(COc2ccc(CC)cc2C)cccc1OC. The van der Waals surface area contributed by atoms with Gasteiger partial charge in [-0.15, -0.1) is 0 Å². The second kappa shape index (κ2) is 8.39. The van der Waals surface area contributed by atoms with Crippen LogP contribution in [0.4, 0.5) is 5.69 Å². The molecule has 2 aromatic rings. The number of benzene rings is 2. The Balaban J connectivity index is 2.21. The first kappa shape index (κ1) is 17.9. The van der Waals surface area contributed by atoms with E-state index in [2.05, 4.69) is 24.4 Å². The van der Waals surface area contributed by atoms with Gasteiger partial charge in [-0.05, 0) is 36.6 Å². The molecule has 0 unspecified atom stereocenters. The summed E-state index contributed by atoms with van der Waals surface area (Å²) in [6.07, 6.45) is 1.42. The predicted octanol–water partition coefficient (Wildman–Crippen LogP) is 4.49. The molecule has 24 heavy (non-hydrogen) atoms. The number of nitrogens with one attached hydrogen (secondary N) is 1.